The van der Waals surface area contributed by atoms with Crippen LogP contribution in [-0.2, 0) is 20.8 Å². The fourth-order valence-corrected chi connectivity index (χ4v) is 5.24. The van der Waals surface area contributed by atoms with Gasteiger partial charge >= 0.3 is 10.1 Å². The molecule has 4 aliphatic rings. The van der Waals surface area contributed by atoms with Crippen molar-refractivity contribution in [2.75, 3.05) is 0 Å². The standard InChI is InChI=1S/C25H17NO4S/c27-31(28,22-7-2-1-3-8-22)30-21-12-11-19-5-4-6-20-13-17-9-10-18-15-26-16-23(18)24(17)29-25(19,20)14-21/h1-15H,16H2. The monoisotopic (exact) mass is 427 g/mol. The van der Waals surface area contributed by atoms with Crippen molar-refractivity contribution in [2.45, 2.75) is 17.0 Å². The molecule has 0 aromatic heterocycles. The van der Waals surface area contributed by atoms with E-state index in [2.05, 4.69) is 11.1 Å². The van der Waals surface area contributed by atoms with Gasteiger partial charge in [-0.15, -0.1) is 0 Å². The Hall–Kier alpha value is -3.64. The summed E-state index contributed by atoms with van der Waals surface area (Å²) in [5.74, 6) is 0.992. The minimum atomic E-state index is -3.96. The number of hydrogen-bond acceptors (Lipinski definition) is 5. The third kappa shape index (κ3) is 2.75. The molecular weight excluding hydrogens is 410 g/mol. The van der Waals surface area contributed by atoms with Gasteiger partial charge < -0.3 is 8.92 Å². The van der Waals surface area contributed by atoms with E-state index in [0.717, 1.165) is 33.6 Å². The molecule has 5 nitrogen and oxygen atoms in total. The van der Waals surface area contributed by atoms with Crippen molar-refractivity contribution in [3.8, 4) is 5.75 Å². The molecule has 2 aromatic carbocycles. The van der Waals surface area contributed by atoms with E-state index >= 15 is 0 Å². The molecule has 6 heteroatoms. The fourth-order valence-electron chi connectivity index (χ4n) is 4.30. The van der Waals surface area contributed by atoms with Gasteiger partial charge in [0.05, 0.1) is 6.54 Å². The summed E-state index contributed by atoms with van der Waals surface area (Å²) in [5, 5.41) is 0. The molecule has 2 aliphatic carbocycles. The van der Waals surface area contributed by atoms with Crippen LogP contribution in [0.3, 0.4) is 0 Å². The van der Waals surface area contributed by atoms with Gasteiger partial charge in [0.2, 0.25) is 0 Å². The van der Waals surface area contributed by atoms with Crippen molar-refractivity contribution < 1.29 is 17.3 Å². The Morgan fingerprint density at radius 2 is 1.81 bits per heavy atom. The second kappa shape index (κ2) is 6.43. The maximum absolute atomic E-state index is 12.8. The molecule has 1 unspecified atom stereocenters. The first-order chi connectivity index (χ1) is 15.1. The van der Waals surface area contributed by atoms with Gasteiger partial charge in [0.1, 0.15) is 16.4 Å². The van der Waals surface area contributed by atoms with Crippen molar-refractivity contribution in [3.05, 3.63) is 113 Å². The molecule has 6 rings (SSSR count). The number of nitrogens with zero attached hydrogens (tertiary/aromatic N) is 1. The van der Waals surface area contributed by atoms with Gasteiger partial charge in [-0.2, -0.15) is 8.42 Å². The number of rotatable bonds is 3. The van der Waals surface area contributed by atoms with E-state index in [1.165, 1.54) is 12.1 Å². The van der Waals surface area contributed by atoms with Gasteiger partial charge in [-0.05, 0) is 24.3 Å². The van der Waals surface area contributed by atoms with Gasteiger partial charge in [-0.1, -0.05) is 54.6 Å². The first-order valence-electron chi connectivity index (χ1n) is 9.91. The largest absolute Gasteiger partial charge is 0.472 e. The quantitative estimate of drug-likeness (QED) is 0.677. The molecular formula is C25H17NO4S. The smallest absolute Gasteiger partial charge is 0.339 e. The molecule has 1 atom stereocenters. The molecule has 152 valence electrons. The first kappa shape index (κ1) is 18.2. The third-order valence-electron chi connectivity index (χ3n) is 5.80. The van der Waals surface area contributed by atoms with Gasteiger partial charge in [-0.3, -0.25) is 4.99 Å². The molecule has 0 N–H and O–H groups in total. The van der Waals surface area contributed by atoms with E-state index in [4.69, 9.17) is 8.92 Å². The van der Waals surface area contributed by atoms with Crippen molar-refractivity contribution in [1.82, 2.24) is 0 Å². The second-order valence-electron chi connectivity index (χ2n) is 7.67. The van der Waals surface area contributed by atoms with Crippen LogP contribution < -0.4 is 4.74 Å². The zero-order valence-corrected chi connectivity index (χ0v) is 17.2. The molecule has 0 bridgehead atoms. The van der Waals surface area contributed by atoms with Crippen LogP contribution in [0.15, 0.2) is 106 Å². The summed E-state index contributed by atoms with van der Waals surface area (Å²) in [5.41, 5.74) is 3.95. The van der Waals surface area contributed by atoms with Crippen LogP contribution in [0.25, 0.3) is 6.08 Å². The number of allylic oxidation sites excluding steroid dienone is 3. The lowest BCUT2D eigenvalue weighted by Gasteiger charge is -2.41. The minimum absolute atomic E-state index is 0.104. The van der Waals surface area contributed by atoms with Gasteiger partial charge in [0, 0.05) is 40.1 Å². The Bertz CT molecular complexity index is 1410. The van der Waals surface area contributed by atoms with Crippen molar-refractivity contribution in [2.24, 2.45) is 4.99 Å². The second-order valence-corrected chi connectivity index (χ2v) is 9.22. The maximum atomic E-state index is 12.8. The Balaban J connectivity index is 1.45. The average Bonchev–Trinajstić information content (AvgIpc) is 3.26. The Morgan fingerprint density at radius 3 is 2.68 bits per heavy atom. The van der Waals surface area contributed by atoms with Crippen LogP contribution in [0.2, 0.25) is 0 Å². The summed E-state index contributed by atoms with van der Waals surface area (Å²) >= 11 is 0. The zero-order chi connectivity index (χ0) is 21.1. The number of benzene rings is 2. The van der Waals surface area contributed by atoms with Crippen molar-refractivity contribution in [1.29, 1.82) is 0 Å². The van der Waals surface area contributed by atoms with Crippen LogP contribution in [-0.4, -0.2) is 20.2 Å². The summed E-state index contributed by atoms with van der Waals surface area (Å²) in [7, 11) is -3.96. The summed E-state index contributed by atoms with van der Waals surface area (Å²) in [4.78, 5) is 4.48. The molecule has 31 heavy (non-hydrogen) atoms. The molecule has 0 radical (unpaired) electrons. The Kier molecular flexibility index (Phi) is 3.76. The number of aliphatic imine (C=N–C) groups is 1. The first-order valence-corrected chi connectivity index (χ1v) is 11.3. The van der Waals surface area contributed by atoms with Crippen LogP contribution in [0.4, 0.5) is 0 Å². The third-order valence-corrected chi connectivity index (χ3v) is 7.06. The van der Waals surface area contributed by atoms with Crippen molar-refractivity contribution in [3.63, 3.8) is 0 Å². The molecule has 2 heterocycles. The molecule has 2 aliphatic heterocycles. The molecule has 1 spiro atoms. The summed E-state index contributed by atoms with van der Waals surface area (Å²) < 4.78 is 37.7. The predicted octanol–water partition coefficient (Wildman–Crippen LogP) is 4.49. The average molecular weight is 427 g/mol. The van der Waals surface area contributed by atoms with Gasteiger partial charge in [0.25, 0.3) is 0 Å². The SMILES string of the molecule is O=S(=O)(OC1=CC23Oc4c(ccc5c4CN=C5)C=C2C=CC=C3C=C1)c1ccccc1. The van der Waals surface area contributed by atoms with Crippen molar-refractivity contribution >= 4 is 22.4 Å². The van der Waals surface area contributed by atoms with E-state index in [1.807, 2.05) is 42.7 Å². The lowest BCUT2D eigenvalue weighted by Crippen LogP contribution is -2.42. The summed E-state index contributed by atoms with van der Waals surface area (Å²) in [6.07, 6.45) is 15.1. The lowest BCUT2D eigenvalue weighted by atomic mass is 9.76. The van der Waals surface area contributed by atoms with Gasteiger partial charge in [0.15, 0.2) is 5.60 Å². The molecule has 0 saturated heterocycles. The molecule has 0 amide bonds. The van der Waals surface area contributed by atoms with Gasteiger partial charge in [-0.25, -0.2) is 0 Å². The van der Waals surface area contributed by atoms with E-state index in [-0.39, 0.29) is 10.7 Å². The highest BCUT2D eigenvalue weighted by atomic mass is 32.2. The highest BCUT2D eigenvalue weighted by Crippen LogP contribution is 2.48. The lowest BCUT2D eigenvalue weighted by molar-refractivity contribution is 0.191. The maximum Gasteiger partial charge on any atom is 0.339 e. The van der Waals surface area contributed by atoms with E-state index in [9.17, 15) is 8.42 Å². The molecule has 0 saturated carbocycles. The topological polar surface area (TPSA) is 65.0 Å². The number of fused-ring (bicyclic) bond motifs is 3. The number of ether oxygens (including phenoxy) is 1. The number of hydrogen-bond donors (Lipinski definition) is 0. The molecule has 0 fully saturated rings. The molecule has 2 aromatic rings. The highest BCUT2D eigenvalue weighted by Gasteiger charge is 2.44. The Labute approximate surface area is 180 Å². The normalized spacial score (nSPS) is 22.3. The van der Waals surface area contributed by atoms with Crippen LogP contribution in [0.1, 0.15) is 16.7 Å². The van der Waals surface area contributed by atoms with E-state index in [1.54, 1.807) is 30.4 Å². The minimum Gasteiger partial charge on any atom is -0.472 e. The van der Waals surface area contributed by atoms with E-state index < -0.39 is 15.7 Å². The summed E-state index contributed by atoms with van der Waals surface area (Å²) in [6, 6.07) is 12.2. The highest BCUT2D eigenvalue weighted by molar-refractivity contribution is 7.86. The summed E-state index contributed by atoms with van der Waals surface area (Å²) in [6.45, 7) is 0.567. The Morgan fingerprint density at radius 1 is 0.968 bits per heavy atom. The predicted molar refractivity (Wildman–Crippen MR) is 118 cm³/mol. The van der Waals surface area contributed by atoms with Crippen LogP contribution in [0, 0.1) is 0 Å². The van der Waals surface area contributed by atoms with Crippen LogP contribution >= 0.6 is 0 Å². The van der Waals surface area contributed by atoms with E-state index in [0.29, 0.717) is 6.54 Å². The zero-order valence-electron chi connectivity index (χ0n) is 16.4. The van der Waals surface area contributed by atoms with Crippen LogP contribution in [0.5, 0.6) is 5.75 Å². The fraction of sp³-hybridized carbons (Fsp3) is 0.0800.